The summed E-state index contributed by atoms with van der Waals surface area (Å²) in [5, 5.41) is 13.3. The number of hydrogen-bond acceptors (Lipinski definition) is 4. The highest BCUT2D eigenvalue weighted by atomic mass is 32.1. The molecule has 2 amide bonds. The average Bonchev–Trinajstić information content (AvgIpc) is 3.13. The minimum absolute atomic E-state index is 0.0422. The molecule has 2 N–H and O–H groups in total. The van der Waals surface area contributed by atoms with Crippen LogP contribution in [0.25, 0.3) is 0 Å². The fraction of sp³-hybridized carbons (Fsp3) is 0.278. The van der Waals surface area contributed by atoms with Crippen molar-refractivity contribution in [2.24, 2.45) is 0 Å². The van der Waals surface area contributed by atoms with E-state index in [0.717, 1.165) is 5.56 Å². The van der Waals surface area contributed by atoms with Gasteiger partial charge in [-0.3, -0.25) is 14.4 Å². The van der Waals surface area contributed by atoms with Crippen molar-refractivity contribution in [2.75, 3.05) is 13.6 Å². The highest BCUT2D eigenvalue weighted by Crippen LogP contribution is 2.10. The van der Waals surface area contributed by atoms with Crippen molar-refractivity contribution in [3.05, 3.63) is 57.8 Å². The number of aliphatic carboxylic acids is 1. The van der Waals surface area contributed by atoms with E-state index in [4.69, 9.17) is 5.11 Å². The first-order valence-corrected chi connectivity index (χ1v) is 8.73. The lowest BCUT2D eigenvalue weighted by Crippen LogP contribution is -2.28. The van der Waals surface area contributed by atoms with Gasteiger partial charge in [-0.05, 0) is 35.6 Å². The molecule has 0 saturated carbocycles. The number of carboxylic acids is 1. The number of thiophene rings is 1. The summed E-state index contributed by atoms with van der Waals surface area (Å²) in [5.74, 6) is -1.14. The van der Waals surface area contributed by atoms with Crippen molar-refractivity contribution in [3.8, 4) is 0 Å². The van der Waals surface area contributed by atoms with Crippen LogP contribution < -0.4 is 5.32 Å². The number of carboxylic acid groups (broad SMARTS) is 1. The second kappa shape index (κ2) is 8.98. The summed E-state index contributed by atoms with van der Waals surface area (Å²) in [6.07, 6.45) is 0.463. The number of carbonyl (C=O) groups is 3. The minimum atomic E-state index is -0.866. The normalized spacial score (nSPS) is 10.3. The Hall–Kier alpha value is -2.67. The van der Waals surface area contributed by atoms with Gasteiger partial charge in [0, 0.05) is 32.1 Å². The van der Waals surface area contributed by atoms with Gasteiger partial charge in [0.2, 0.25) is 0 Å². The molecule has 0 aliphatic heterocycles. The highest BCUT2D eigenvalue weighted by molar-refractivity contribution is 7.12. The van der Waals surface area contributed by atoms with E-state index in [1.165, 1.54) is 16.2 Å². The van der Waals surface area contributed by atoms with Crippen molar-refractivity contribution < 1.29 is 19.5 Å². The van der Waals surface area contributed by atoms with Crippen LogP contribution in [0.3, 0.4) is 0 Å². The molecule has 0 atom stereocenters. The maximum atomic E-state index is 12.3. The molecule has 1 aromatic heterocycles. The van der Waals surface area contributed by atoms with Gasteiger partial charge in [-0.25, -0.2) is 0 Å². The number of benzene rings is 1. The van der Waals surface area contributed by atoms with E-state index in [9.17, 15) is 14.4 Å². The van der Waals surface area contributed by atoms with E-state index < -0.39 is 5.97 Å². The third-order valence-electron chi connectivity index (χ3n) is 3.63. The fourth-order valence-electron chi connectivity index (χ4n) is 2.23. The van der Waals surface area contributed by atoms with E-state index in [2.05, 4.69) is 5.32 Å². The number of hydrogen-bond donors (Lipinski definition) is 2. The molecule has 0 spiro atoms. The van der Waals surface area contributed by atoms with Gasteiger partial charge in [-0.15, -0.1) is 11.3 Å². The van der Waals surface area contributed by atoms with Crippen LogP contribution in [-0.4, -0.2) is 41.4 Å². The summed E-state index contributed by atoms with van der Waals surface area (Å²) in [7, 11) is 1.65. The number of amides is 2. The van der Waals surface area contributed by atoms with Gasteiger partial charge in [0.25, 0.3) is 11.8 Å². The summed E-state index contributed by atoms with van der Waals surface area (Å²) < 4.78 is 0. The van der Waals surface area contributed by atoms with Crippen molar-refractivity contribution >= 4 is 29.1 Å². The van der Waals surface area contributed by atoms with Crippen LogP contribution in [0.1, 0.15) is 38.4 Å². The third kappa shape index (κ3) is 5.72. The Morgan fingerprint density at radius 3 is 2.48 bits per heavy atom. The highest BCUT2D eigenvalue weighted by Gasteiger charge is 2.12. The van der Waals surface area contributed by atoms with Gasteiger partial charge >= 0.3 is 5.97 Å². The van der Waals surface area contributed by atoms with E-state index in [-0.39, 0.29) is 18.2 Å². The zero-order valence-corrected chi connectivity index (χ0v) is 14.7. The van der Waals surface area contributed by atoms with E-state index in [0.29, 0.717) is 30.0 Å². The van der Waals surface area contributed by atoms with Gasteiger partial charge in [-0.1, -0.05) is 18.2 Å². The number of carbonyl (C=O) groups excluding carboxylic acids is 2. The molecule has 0 unspecified atom stereocenters. The molecule has 0 fully saturated rings. The Kier molecular flexibility index (Phi) is 6.71. The Morgan fingerprint density at radius 2 is 1.88 bits per heavy atom. The molecular weight excluding hydrogens is 340 g/mol. The molecule has 2 rings (SSSR count). The fourth-order valence-corrected chi connectivity index (χ4v) is 2.87. The SMILES string of the molecule is CN(CCCC(=O)O)C(=O)c1ccc(CNC(=O)c2cccs2)cc1. The molecule has 2 aromatic rings. The van der Waals surface area contributed by atoms with E-state index >= 15 is 0 Å². The predicted molar refractivity (Wildman–Crippen MR) is 95.8 cm³/mol. The largest absolute Gasteiger partial charge is 0.481 e. The lowest BCUT2D eigenvalue weighted by molar-refractivity contribution is -0.137. The Bertz CT molecular complexity index is 726. The molecule has 1 aromatic carbocycles. The molecule has 0 bridgehead atoms. The van der Waals surface area contributed by atoms with Crippen LogP contribution >= 0.6 is 11.3 Å². The molecule has 132 valence electrons. The van der Waals surface area contributed by atoms with Crippen LogP contribution in [0.5, 0.6) is 0 Å². The molecule has 25 heavy (non-hydrogen) atoms. The summed E-state index contributed by atoms with van der Waals surface area (Å²) in [6.45, 7) is 0.781. The van der Waals surface area contributed by atoms with Crippen molar-refractivity contribution in [1.29, 1.82) is 0 Å². The summed E-state index contributed by atoms with van der Waals surface area (Å²) >= 11 is 1.38. The van der Waals surface area contributed by atoms with Crippen molar-refractivity contribution in [2.45, 2.75) is 19.4 Å². The molecule has 6 nitrogen and oxygen atoms in total. The zero-order valence-electron chi connectivity index (χ0n) is 13.9. The van der Waals surface area contributed by atoms with Gasteiger partial charge in [0.1, 0.15) is 0 Å². The zero-order chi connectivity index (χ0) is 18.2. The maximum Gasteiger partial charge on any atom is 0.303 e. The molecule has 0 radical (unpaired) electrons. The van der Waals surface area contributed by atoms with Crippen LogP contribution in [0.15, 0.2) is 41.8 Å². The van der Waals surface area contributed by atoms with Gasteiger partial charge in [-0.2, -0.15) is 0 Å². The third-order valence-corrected chi connectivity index (χ3v) is 4.50. The predicted octanol–water partition coefficient (Wildman–Crippen LogP) is 2.61. The lowest BCUT2D eigenvalue weighted by atomic mass is 10.1. The van der Waals surface area contributed by atoms with Crippen LogP contribution in [-0.2, 0) is 11.3 Å². The number of nitrogens with one attached hydrogen (secondary N) is 1. The summed E-state index contributed by atoms with van der Waals surface area (Å²) in [5.41, 5.74) is 1.43. The quantitative estimate of drug-likeness (QED) is 0.758. The van der Waals surface area contributed by atoms with Crippen molar-refractivity contribution in [1.82, 2.24) is 10.2 Å². The van der Waals surface area contributed by atoms with Crippen LogP contribution in [0.2, 0.25) is 0 Å². The topological polar surface area (TPSA) is 86.7 Å². The maximum absolute atomic E-state index is 12.3. The molecule has 1 heterocycles. The van der Waals surface area contributed by atoms with E-state index in [1.807, 2.05) is 11.4 Å². The first-order valence-electron chi connectivity index (χ1n) is 7.85. The lowest BCUT2D eigenvalue weighted by Gasteiger charge is -2.16. The summed E-state index contributed by atoms with van der Waals surface area (Å²) in [4.78, 5) is 36.8. The van der Waals surface area contributed by atoms with E-state index in [1.54, 1.807) is 37.4 Å². The average molecular weight is 360 g/mol. The number of rotatable bonds is 8. The Morgan fingerprint density at radius 1 is 1.16 bits per heavy atom. The second-order valence-corrected chi connectivity index (χ2v) is 6.53. The van der Waals surface area contributed by atoms with Gasteiger partial charge in [0.15, 0.2) is 0 Å². The van der Waals surface area contributed by atoms with Gasteiger partial charge in [0.05, 0.1) is 4.88 Å². The second-order valence-electron chi connectivity index (χ2n) is 5.58. The molecule has 0 saturated heterocycles. The van der Waals surface area contributed by atoms with Crippen LogP contribution in [0.4, 0.5) is 0 Å². The number of nitrogens with zero attached hydrogens (tertiary/aromatic N) is 1. The van der Waals surface area contributed by atoms with Gasteiger partial charge < -0.3 is 15.3 Å². The first-order chi connectivity index (χ1) is 12.0. The molecule has 0 aliphatic carbocycles. The standard InChI is InChI=1S/C18H20N2O4S/c1-20(10-2-5-16(21)22)18(24)14-8-6-13(7-9-14)12-19-17(23)15-4-3-11-25-15/h3-4,6-9,11H,2,5,10,12H2,1H3,(H,19,23)(H,21,22). The molecule has 0 aliphatic rings. The minimum Gasteiger partial charge on any atom is -0.481 e. The smallest absolute Gasteiger partial charge is 0.303 e. The summed E-state index contributed by atoms with van der Waals surface area (Å²) in [6, 6.07) is 10.6. The van der Waals surface area contributed by atoms with Crippen molar-refractivity contribution in [3.63, 3.8) is 0 Å². The van der Waals surface area contributed by atoms with Crippen LogP contribution in [0, 0.1) is 0 Å². The Labute approximate surface area is 150 Å². The monoisotopic (exact) mass is 360 g/mol. The molecular formula is C18H20N2O4S. The first kappa shape index (κ1) is 18.7. The Balaban J connectivity index is 1.85. The molecule has 7 heteroatoms.